The number of benzene rings is 2. The van der Waals surface area contributed by atoms with Crippen molar-refractivity contribution >= 4 is 39.4 Å². The first-order chi connectivity index (χ1) is 17.0. The maximum atomic E-state index is 13.6. The van der Waals surface area contributed by atoms with Crippen LogP contribution in [0, 0.1) is 6.92 Å². The molecule has 0 aliphatic carbocycles. The van der Waals surface area contributed by atoms with Gasteiger partial charge in [-0.2, -0.15) is 4.57 Å². The molecule has 0 radical (unpaired) electrons. The van der Waals surface area contributed by atoms with Crippen LogP contribution >= 0.6 is 23.1 Å². The number of aromatic nitrogens is 2. The summed E-state index contributed by atoms with van der Waals surface area (Å²) in [6.07, 6.45) is 0.0948. The van der Waals surface area contributed by atoms with Crippen LogP contribution in [-0.4, -0.2) is 33.7 Å². The summed E-state index contributed by atoms with van der Waals surface area (Å²) < 4.78 is 6.36. The zero-order valence-electron chi connectivity index (χ0n) is 19.8. The molecule has 0 N–H and O–H groups in total. The van der Waals surface area contributed by atoms with Crippen molar-refractivity contribution in [3.05, 3.63) is 92.1 Å². The van der Waals surface area contributed by atoms with Crippen molar-refractivity contribution in [2.24, 2.45) is 0 Å². The number of thiophene rings is 1. The van der Waals surface area contributed by atoms with Gasteiger partial charge in [0, 0.05) is 30.3 Å². The van der Waals surface area contributed by atoms with Crippen molar-refractivity contribution < 1.29 is 9.53 Å². The molecule has 0 fully saturated rings. The number of aryl methyl sites for hydroxylation is 1. The quantitative estimate of drug-likeness (QED) is 0.250. The SMILES string of the molecule is CCOC(=O)n1c(SCc2ccc(C)cc2)nc2sc3c(c2c1=O)CCN(Cc1ccccc1)C3. The molecule has 2 aromatic heterocycles. The molecule has 6 nitrogen and oxygen atoms in total. The number of thioether (sulfide) groups is 1. The molecule has 0 bridgehead atoms. The van der Waals surface area contributed by atoms with Crippen molar-refractivity contribution in [3.8, 4) is 0 Å². The zero-order chi connectivity index (χ0) is 24.4. The molecule has 0 saturated carbocycles. The molecule has 2 aromatic carbocycles. The van der Waals surface area contributed by atoms with Gasteiger partial charge in [-0.15, -0.1) is 11.3 Å². The molecule has 0 saturated heterocycles. The van der Waals surface area contributed by atoms with E-state index in [1.54, 1.807) is 18.3 Å². The maximum Gasteiger partial charge on any atom is 0.423 e. The number of hydrogen-bond acceptors (Lipinski definition) is 7. The van der Waals surface area contributed by atoms with Crippen molar-refractivity contribution in [3.63, 3.8) is 0 Å². The molecule has 0 atom stereocenters. The standard InChI is InChI=1S/C27H27N3O3S2/c1-3-33-27(32)30-25(31)23-21-13-14-29(15-19-7-5-4-6-8-19)16-22(21)35-24(23)28-26(30)34-17-20-11-9-18(2)10-12-20/h4-12H,3,13-17H2,1-2H3. The lowest BCUT2D eigenvalue weighted by Crippen LogP contribution is -2.32. The highest BCUT2D eigenvalue weighted by molar-refractivity contribution is 7.98. The third-order valence-corrected chi connectivity index (χ3v) is 8.23. The van der Waals surface area contributed by atoms with Gasteiger partial charge in [0.1, 0.15) is 4.83 Å². The van der Waals surface area contributed by atoms with Gasteiger partial charge in [-0.3, -0.25) is 9.69 Å². The van der Waals surface area contributed by atoms with E-state index in [4.69, 9.17) is 9.72 Å². The van der Waals surface area contributed by atoms with E-state index in [9.17, 15) is 9.59 Å². The molecule has 180 valence electrons. The minimum atomic E-state index is -0.667. The fraction of sp³-hybridized carbons (Fsp3) is 0.296. The van der Waals surface area contributed by atoms with E-state index in [-0.39, 0.29) is 12.2 Å². The van der Waals surface area contributed by atoms with E-state index in [1.165, 1.54) is 22.9 Å². The van der Waals surface area contributed by atoms with Crippen LogP contribution < -0.4 is 5.56 Å². The highest BCUT2D eigenvalue weighted by atomic mass is 32.2. The highest BCUT2D eigenvalue weighted by Gasteiger charge is 2.27. The molecule has 8 heteroatoms. The second kappa shape index (κ2) is 10.4. The molecule has 0 amide bonds. The molecule has 35 heavy (non-hydrogen) atoms. The van der Waals surface area contributed by atoms with E-state index in [0.717, 1.165) is 46.6 Å². The van der Waals surface area contributed by atoms with Crippen LogP contribution in [0.2, 0.25) is 0 Å². The molecule has 5 rings (SSSR count). The Balaban J connectivity index is 1.49. The normalized spacial score (nSPS) is 13.7. The van der Waals surface area contributed by atoms with Gasteiger partial charge in [0.05, 0.1) is 12.0 Å². The van der Waals surface area contributed by atoms with Crippen LogP contribution in [-0.2, 0) is 30.0 Å². The van der Waals surface area contributed by atoms with Crippen LogP contribution in [0.25, 0.3) is 10.2 Å². The molecular weight excluding hydrogens is 478 g/mol. The number of ether oxygens (including phenoxy) is 1. The van der Waals surface area contributed by atoms with Crippen molar-refractivity contribution in [1.29, 1.82) is 0 Å². The first-order valence-corrected chi connectivity index (χ1v) is 13.5. The number of nitrogens with zero attached hydrogens (tertiary/aromatic N) is 3. The molecular formula is C27H27N3O3S2. The summed E-state index contributed by atoms with van der Waals surface area (Å²) in [7, 11) is 0. The first kappa shape index (κ1) is 23.8. The maximum absolute atomic E-state index is 13.6. The van der Waals surface area contributed by atoms with E-state index in [0.29, 0.717) is 21.1 Å². The minimum absolute atomic E-state index is 0.196. The van der Waals surface area contributed by atoms with Crippen LogP contribution in [0.4, 0.5) is 4.79 Å². The largest absolute Gasteiger partial charge is 0.449 e. The number of fused-ring (bicyclic) bond motifs is 3. The van der Waals surface area contributed by atoms with Gasteiger partial charge in [0.15, 0.2) is 5.16 Å². The van der Waals surface area contributed by atoms with Crippen molar-refractivity contribution in [2.45, 2.75) is 44.3 Å². The Morgan fingerprint density at radius 3 is 2.63 bits per heavy atom. The predicted molar refractivity (Wildman–Crippen MR) is 141 cm³/mol. The van der Waals surface area contributed by atoms with Gasteiger partial charge in [-0.25, -0.2) is 9.78 Å². The summed E-state index contributed by atoms with van der Waals surface area (Å²) in [5, 5.41) is 0.943. The Bertz CT molecular complexity index is 1410. The lowest BCUT2D eigenvalue weighted by Gasteiger charge is -2.26. The molecule has 1 aliphatic rings. The molecule has 0 unspecified atom stereocenters. The lowest BCUT2D eigenvalue weighted by molar-refractivity contribution is 0.150. The number of carbonyl (C=O) groups excluding carboxylic acids is 1. The minimum Gasteiger partial charge on any atom is -0.449 e. The summed E-state index contributed by atoms with van der Waals surface area (Å²) in [4.78, 5) is 35.5. The third kappa shape index (κ3) is 5.05. The average Bonchev–Trinajstić information content (AvgIpc) is 3.22. The second-order valence-corrected chi connectivity index (χ2v) is 10.7. The van der Waals surface area contributed by atoms with Gasteiger partial charge in [0.2, 0.25) is 0 Å². The molecule has 4 aromatic rings. The van der Waals surface area contributed by atoms with Crippen LogP contribution in [0.3, 0.4) is 0 Å². The Morgan fingerprint density at radius 2 is 1.89 bits per heavy atom. The van der Waals surface area contributed by atoms with Gasteiger partial charge >= 0.3 is 6.09 Å². The number of carbonyl (C=O) groups is 1. The fourth-order valence-corrected chi connectivity index (χ4v) is 6.57. The van der Waals surface area contributed by atoms with Gasteiger partial charge in [0.25, 0.3) is 5.56 Å². The monoisotopic (exact) mass is 505 g/mol. The number of hydrogen-bond donors (Lipinski definition) is 0. The Labute approximate surface area is 212 Å². The number of rotatable bonds is 6. The second-order valence-electron chi connectivity index (χ2n) is 8.64. The van der Waals surface area contributed by atoms with E-state index < -0.39 is 6.09 Å². The predicted octanol–water partition coefficient (Wildman–Crippen LogP) is 5.62. The van der Waals surface area contributed by atoms with E-state index >= 15 is 0 Å². The molecule has 0 spiro atoms. The van der Waals surface area contributed by atoms with E-state index in [2.05, 4.69) is 53.4 Å². The van der Waals surface area contributed by atoms with Crippen LogP contribution in [0.15, 0.2) is 64.5 Å². The van der Waals surface area contributed by atoms with Crippen molar-refractivity contribution in [1.82, 2.24) is 14.5 Å². The zero-order valence-corrected chi connectivity index (χ0v) is 21.5. The van der Waals surface area contributed by atoms with Crippen LogP contribution in [0.1, 0.15) is 34.1 Å². The molecule has 1 aliphatic heterocycles. The summed E-state index contributed by atoms with van der Waals surface area (Å²) >= 11 is 2.95. The summed E-state index contributed by atoms with van der Waals surface area (Å²) in [6, 6.07) is 18.6. The van der Waals surface area contributed by atoms with Gasteiger partial charge < -0.3 is 4.74 Å². The van der Waals surface area contributed by atoms with Gasteiger partial charge in [-0.05, 0) is 37.0 Å². The smallest absolute Gasteiger partial charge is 0.423 e. The Kier molecular flexibility index (Phi) is 7.04. The Morgan fingerprint density at radius 1 is 1.11 bits per heavy atom. The fourth-order valence-electron chi connectivity index (χ4n) is 4.33. The summed E-state index contributed by atoms with van der Waals surface area (Å²) in [6.45, 7) is 6.48. The van der Waals surface area contributed by atoms with Crippen LogP contribution in [0.5, 0.6) is 0 Å². The van der Waals surface area contributed by atoms with Gasteiger partial charge in [-0.1, -0.05) is 71.9 Å². The Hall–Kier alpha value is -2.94. The highest BCUT2D eigenvalue weighted by Crippen LogP contribution is 2.34. The van der Waals surface area contributed by atoms with E-state index in [1.807, 2.05) is 13.0 Å². The average molecular weight is 506 g/mol. The van der Waals surface area contributed by atoms with Crippen molar-refractivity contribution in [2.75, 3.05) is 13.2 Å². The molecule has 3 heterocycles. The first-order valence-electron chi connectivity index (χ1n) is 11.7. The lowest BCUT2D eigenvalue weighted by atomic mass is 10.0. The topological polar surface area (TPSA) is 64.4 Å². The summed E-state index contributed by atoms with van der Waals surface area (Å²) in [5.74, 6) is 0.605. The summed E-state index contributed by atoms with van der Waals surface area (Å²) in [5.41, 5.74) is 4.27. The third-order valence-electron chi connectivity index (χ3n) is 6.11.